The van der Waals surface area contributed by atoms with Crippen molar-refractivity contribution in [2.24, 2.45) is 0 Å². The molecule has 8 heteroatoms. The van der Waals surface area contributed by atoms with Crippen molar-refractivity contribution in [1.29, 1.82) is 0 Å². The van der Waals surface area contributed by atoms with Gasteiger partial charge >= 0.3 is 0 Å². The first-order valence-corrected chi connectivity index (χ1v) is 9.94. The molecule has 1 unspecified atom stereocenters. The van der Waals surface area contributed by atoms with Gasteiger partial charge in [0.1, 0.15) is 6.04 Å². The summed E-state index contributed by atoms with van der Waals surface area (Å²) in [5.41, 5.74) is 1.26. The van der Waals surface area contributed by atoms with Crippen LogP contribution in [-0.4, -0.2) is 50.6 Å². The summed E-state index contributed by atoms with van der Waals surface area (Å²) in [4.78, 5) is 27.0. The fourth-order valence-corrected chi connectivity index (χ4v) is 3.42. The van der Waals surface area contributed by atoms with Crippen molar-refractivity contribution >= 4 is 40.7 Å². The van der Waals surface area contributed by atoms with Gasteiger partial charge in [-0.15, -0.1) is 0 Å². The van der Waals surface area contributed by atoms with Gasteiger partial charge in [-0.2, -0.15) is 0 Å². The third-order valence-corrected chi connectivity index (χ3v) is 4.61. The van der Waals surface area contributed by atoms with E-state index in [1.54, 1.807) is 37.3 Å². The third kappa shape index (κ3) is 7.66. The average molecular weight is 438 g/mol. The second kappa shape index (κ2) is 11.8. The molecule has 0 saturated heterocycles. The summed E-state index contributed by atoms with van der Waals surface area (Å²) < 4.78 is 4.97. The van der Waals surface area contributed by atoms with Crippen LogP contribution in [0.1, 0.15) is 18.0 Å². The Balaban J connectivity index is 2.12. The zero-order valence-corrected chi connectivity index (χ0v) is 18.0. The number of halogens is 2. The second-order valence-corrected chi connectivity index (χ2v) is 7.44. The number of anilines is 1. The summed E-state index contributed by atoms with van der Waals surface area (Å²) in [5, 5.41) is 6.52. The second-order valence-electron chi connectivity index (χ2n) is 6.57. The number of nitrogens with zero attached hydrogens (tertiary/aromatic N) is 1. The zero-order chi connectivity index (χ0) is 21.2. The van der Waals surface area contributed by atoms with Crippen molar-refractivity contribution < 1.29 is 14.3 Å². The minimum Gasteiger partial charge on any atom is -0.385 e. The monoisotopic (exact) mass is 437 g/mol. The summed E-state index contributed by atoms with van der Waals surface area (Å²) in [6, 6.07) is 13.4. The van der Waals surface area contributed by atoms with Crippen LogP contribution in [0, 0.1) is 0 Å². The highest BCUT2D eigenvalue weighted by Gasteiger charge is 2.26. The number of carbonyl (C=O) groups excluding carboxylic acids is 2. The minimum atomic E-state index is -0.668. The molecule has 1 atom stereocenters. The van der Waals surface area contributed by atoms with E-state index in [0.29, 0.717) is 28.9 Å². The number of hydrogen-bond acceptors (Lipinski definition) is 4. The molecule has 0 saturated carbocycles. The fraction of sp³-hybridized carbons (Fsp3) is 0.333. The zero-order valence-electron chi connectivity index (χ0n) is 16.5. The molecular weight excluding hydrogens is 413 g/mol. The van der Waals surface area contributed by atoms with Gasteiger partial charge in [-0.3, -0.25) is 14.5 Å². The molecule has 2 amide bonds. The molecule has 6 nitrogen and oxygen atoms in total. The number of hydrogen-bond donors (Lipinski definition) is 2. The van der Waals surface area contributed by atoms with E-state index in [-0.39, 0.29) is 18.4 Å². The number of methoxy groups -OCH3 is 1. The van der Waals surface area contributed by atoms with Crippen molar-refractivity contribution in [3.8, 4) is 0 Å². The molecule has 2 N–H and O–H groups in total. The van der Waals surface area contributed by atoms with Crippen molar-refractivity contribution in [3.63, 3.8) is 0 Å². The molecule has 0 heterocycles. The van der Waals surface area contributed by atoms with Gasteiger partial charge < -0.3 is 15.4 Å². The molecule has 0 aliphatic heterocycles. The Morgan fingerprint density at radius 3 is 2.38 bits per heavy atom. The maximum Gasteiger partial charge on any atom is 0.246 e. The Bertz CT molecular complexity index is 798. The van der Waals surface area contributed by atoms with E-state index >= 15 is 0 Å². The first-order valence-electron chi connectivity index (χ1n) is 9.18. The molecule has 2 rings (SSSR count). The molecule has 0 aliphatic carbocycles. The Morgan fingerprint density at radius 2 is 1.76 bits per heavy atom. The standard InChI is InChI=1S/C21H25Cl2N3O3/c1-26(14-19(27)24-9-6-10-29-2)20(15-7-4-3-5-8-15)21(28)25-18-12-16(22)11-17(23)13-18/h3-5,7-8,11-13,20H,6,9-10,14H2,1-2H3,(H,24,27)(H,25,28). The highest BCUT2D eigenvalue weighted by atomic mass is 35.5. The Hall–Kier alpha value is -2.12. The van der Waals surface area contributed by atoms with E-state index in [1.165, 1.54) is 0 Å². The van der Waals surface area contributed by atoms with Gasteiger partial charge in [0, 0.05) is 36.0 Å². The number of rotatable bonds is 10. The van der Waals surface area contributed by atoms with Gasteiger partial charge in [0.05, 0.1) is 6.54 Å². The van der Waals surface area contributed by atoms with Gasteiger partial charge in [0.2, 0.25) is 11.8 Å². The van der Waals surface area contributed by atoms with Gasteiger partial charge in [-0.1, -0.05) is 53.5 Å². The Labute approximate surface area is 181 Å². The largest absolute Gasteiger partial charge is 0.385 e. The van der Waals surface area contributed by atoms with E-state index in [0.717, 1.165) is 12.0 Å². The predicted molar refractivity (Wildman–Crippen MR) is 116 cm³/mol. The summed E-state index contributed by atoms with van der Waals surface area (Å²) in [7, 11) is 3.35. The molecule has 156 valence electrons. The number of benzene rings is 2. The molecule has 0 aliphatic rings. The van der Waals surface area contributed by atoms with Crippen LogP contribution >= 0.6 is 23.2 Å². The summed E-state index contributed by atoms with van der Waals surface area (Å²) in [5.74, 6) is -0.452. The van der Waals surface area contributed by atoms with Crippen LogP contribution in [0.25, 0.3) is 0 Å². The van der Waals surface area contributed by atoms with E-state index in [1.807, 2.05) is 30.3 Å². The van der Waals surface area contributed by atoms with Crippen LogP contribution in [0.3, 0.4) is 0 Å². The van der Waals surface area contributed by atoms with E-state index in [2.05, 4.69) is 10.6 Å². The topological polar surface area (TPSA) is 70.7 Å². The average Bonchev–Trinajstić information content (AvgIpc) is 2.65. The summed E-state index contributed by atoms with van der Waals surface area (Å²) in [6.07, 6.45) is 0.726. The van der Waals surface area contributed by atoms with Crippen LogP contribution in [0.4, 0.5) is 5.69 Å². The molecular formula is C21H25Cl2N3O3. The van der Waals surface area contributed by atoms with E-state index in [4.69, 9.17) is 27.9 Å². The fourth-order valence-electron chi connectivity index (χ4n) is 2.90. The predicted octanol–water partition coefficient (Wildman–Crippen LogP) is 3.76. The first kappa shape index (κ1) is 23.2. The molecule has 2 aromatic carbocycles. The lowest BCUT2D eigenvalue weighted by atomic mass is 10.0. The molecule has 0 bridgehead atoms. The normalized spacial score (nSPS) is 11.9. The maximum atomic E-state index is 13.1. The lowest BCUT2D eigenvalue weighted by Gasteiger charge is -2.27. The molecule has 0 aromatic heterocycles. The third-order valence-electron chi connectivity index (χ3n) is 4.17. The molecule has 0 spiro atoms. The highest BCUT2D eigenvalue weighted by molar-refractivity contribution is 6.35. The van der Waals surface area contributed by atoms with Crippen molar-refractivity contribution in [2.75, 3.05) is 39.2 Å². The Kier molecular flexibility index (Phi) is 9.41. The van der Waals surface area contributed by atoms with E-state index in [9.17, 15) is 9.59 Å². The van der Waals surface area contributed by atoms with Crippen molar-refractivity contribution in [1.82, 2.24) is 10.2 Å². The van der Waals surface area contributed by atoms with Crippen LogP contribution in [0.5, 0.6) is 0 Å². The van der Waals surface area contributed by atoms with Gasteiger partial charge in [-0.05, 0) is 37.2 Å². The summed E-state index contributed by atoms with van der Waals surface area (Å²) in [6.45, 7) is 1.16. The van der Waals surface area contributed by atoms with Crippen LogP contribution in [0.2, 0.25) is 10.0 Å². The quantitative estimate of drug-likeness (QED) is 0.555. The molecule has 0 radical (unpaired) electrons. The summed E-state index contributed by atoms with van der Waals surface area (Å²) >= 11 is 12.0. The van der Waals surface area contributed by atoms with Crippen LogP contribution in [0.15, 0.2) is 48.5 Å². The van der Waals surface area contributed by atoms with Gasteiger partial charge in [0.25, 0.3) is 0 Å². The number of likely N-dealkylation sites (N-methyl/N-ethyl adjacent to an activating group) is 1. The number of amides is 2. The number of nitrogens with one attached hydrogen (secondary N) is 2. The van der Waals surface area contributed by atoms with Crippen LogP contribution < -0.4 is 10.6 Å². The highest BCUT2D eigenvalue weighted by Crippen LogP contribution is 2.25. The number of ether oxygens (including phenoxy) is 1. The Morgan fingerprint density at radius 1 is 1.10 bits per heavy atom. The molecule has 0 fully saturated rings. The smallest absolute Gasteiger partial charge is 0.246 e. The van der Waals surface area contributed by atoms with Crippen LogP contribution in [-0.2, 0) is 14.3 Å². The van der Waals surface area contributed by atoms with Crippen molar-refractivity contribution in [2.45, 2.75) is 12.5 Å². The first-order chi connectivity index (χ1) is 13.9. The lowest BCUT2D eigenvalue weighted by Crippen LogP contribution is -2.41. The molecule has 29 heavy (non-hydrogen) atoms. The van der Waals surface area contributed by atoms with Gasteiger partial charge in [0.15, 0.2) is 0 Å². The van der Waals surface area contributed by atoms with E-state index < -0.39 is 6.04 Å². The molecule has 2 aromatic rings. The minimum absolute atomic E-state index is 0.0657. The maximum absolute atomic E-state index is 13.1. The SMILES string of the molecule is COCCCNC(=O)CN(C)C(C(=O)Nc1cc(Cl)cc(Cl)c1)c1ccccc1. The number of carbonyl (C=O) groups is 2. The van der Waals surface area contributed by atoms with Gasteiger partial charge in [-0.25, -0.2) is 0 Å². The van der Waals surface area contributed by atoms with Crippen molar-refractivity contribution in [3.05, 3.63) is 64.1 Å². The lowest BCUT2D eigenvalue weighted by molar-refractivity contribution is -0.125.